The third-order valence-corrected chi connectivity index (χ3v) is 2.60. The molecule has 8 heteroatoms. The second-order valence-corrected chi connectivity index (χ2v) is 4.27. The van der Waals surface area contributed by atoms with Gasteiger partial charge in [0.25, 0.3) is 5.91 Å². The molecule has 0 unspecified atom stereocenters. The second-order valence-electron chi connectivity index (χ2n) is 3.48. The summed E-state index contributed by atoms with van der Waals surface area (Å²) in [6, 6.07) is 1.63. The molecule has 0 aliphatic carbocycles. The summed E-state index contributed by atoms with van der Waals surface area (Å²) < 4.78 is 3.67. The molecule has 18 heavy (non-hydrogen) atoms. The van der Waals surface area contributed by atoms with Crippen LogP contribution in [0.4, 0.5) is 10.9 Å². The average molecular weight is 264 g/mol. The monoisotopic (exact) mass is 264 g/mol. The summed E-state index contributed by atoms with van der Waals surface area (Å²) in [5, 5.41) is 9.88. The number of amides is 1. The van der Waals surface area contributed by atoms with Crippen LogP contribution < -0.4 is 10.6 Å². The van der Waals surface area contributed by atoms with Gasteiger partial charge >= 0.3 is 0 Å². The van der Waals surface area contributed by atoms with Gasteiger partial charge in [-0.25, -0.2) is 9.97 Å². The van der Waals surface area contributed by atoms with Gasteiger partial charge in [-0.2, -0.15) is 0 Å². The molecule has 0 aromatic carbocycles. The molecule has 0 saturated carbocycles. The van der Waals surface area contributed by atoms with Gasteiger partial charge in [-0.15, -0.1) is 5.10 Å². The molecule has 2 aromatic rings. The molecular formula is C10H12N6OS. The molecule has 0 saturated heterocycles. The Balaban J connectivity index is 2.19. The van der Waals surface area contributed by atoms with Gasteiger partial charge in [-0.05, 0) is 19.9 Å². The van der Waals surface area contributed by atoms with Gasteiger partial charge in [0.05, 0.1) is 6.20 Å². The topological polar surface area (TPSA) is 92.7 Å². The van der Waals surface area contributed by atoms with E-state index in [9.17, 15) is 4.79 Å². The lowest BCUT2D eigenvalue weighted by Crippen LogP contribution is -2.15. The molecule has 94 valence electrons. The molecule has 7 nitrogen and oxygen atoms in total. The van der Waals surface area contributed by atoms with Crippen molar-refractivity contribution in [3.05, 3.63) is 23.7 Å². The molecule has 0 bridgehead atoms. The number of carbonyl (C=O) groups excluding carboxylic acids is 1. The Kier molecular flexibility index (Phi) is 3.78. The van der Waals surface area contributed by atoms with Crippen LogP contribution in [0.1, 0.15) is 23.1 Å². The molecular weight excluding hydrogens is 252 g/mol. The predicted molar refractivity (Wildman–Crippen MR) is 68.8 cm³/mol. The first-order valence-electron chi connectivity index (χ1n) is 5.37. The van der Waals surface area contributed by atoms with Gasteiger partial charge in [-0.1, -0.05) is 4.49 Å². The molecule has 1 amide bonds. The van der Waals surface area contributed by atoms with Crippen molar-refractivity contribution in [3.63, 3.8) is 0 Å². The maximum atomic E-state index is 11.9. The second kappa shape index (κ2) is 5.50. The molecule has 2 rings (SSSR count). The van der Waals surface area contributed by atoms with E-state index in [2.05, 4.69) is 30.2 Å². The largest absolute Gasteiger partial charge is 0.354 e. The molecule has 0 atom stereocenters. The van der Waals surface area contributed by atoms with Crippen LogP contribution in [0, 0.1) is 6.92 Å². The highest BCUT2D eigenvalue weighted by Crippen LogP contribution is 2.12. The highest BCUT2D eigenvalue weighted by atomic mass is 32.1. The standard InChI is InChI=1S/C10H12N6OS/c1-3-11-10-13-6(2)4-7(14-10)9(17)15-8-5-12-16-18-8/h4-5H,3H2,1-2H3,(H,15,17)(H,11,13,14). The Morgan fingerprint density at radius 3 is 2.94 bits per heavy atom. The molecule has 2 N–H and O–H groups in total. The van der Waals surface area contributed by atoms with Crippen LogP contribution in [-0.4, -0.2) is 32.0 Å². The lowest BCUT2D eigenvalue weighted by molar-refractivity contribution is 0.102. The maximum absolute atomic E-state index is 11.9. The minimum absolute atomic E-state index is 0.300. The molecule has 0 spiro atoms. The van der Waals surface area contributed by atoms with Crippen LogP contribution in [0.25, 0.3) is 0 Å². The smallest absolute Gasteiger partial charge is 0.275 e. The third-order valence-electron chi connectivity index (χ3n) is 2.02. The van der Waals surface area contributed by atoms with Gasteiger partial charge in [0.2, 0.25) is 5.95 Å². The summed E-state index contributed by atoms with van der Waals surface area (Å²) in [4.78, 5) is 20.3. The van der Waals surface area contributed by atoms with E-state index in [1.165, 1.54) is 6.20 Å². The van der Waals surface area contributed by atoms with Crippen LogP contribution in [0.2, 0.25) is 0 Å². The summed E-state index contributed by atoms with van der Waals surface area (Å²) in [7, 11) is 0. The van der Waals surface area contributed by atoms with Crippen LogP contribution in [-0.2, 0) is 0 Å². The fourth-order valence-corrected chi connectivity index (χ4v) is 1.74. The minimum atomic E-state index is -0.300. The first kappa shape index (κ1) is 12.4. The predicted octanol–water partition coefficient (Wildman–Crippen LogP) is 1.32. The van der Waals surface area contributed by atoms with Gasteiger partial charge in [-0.3, -0.25) is 4.79 Å². The fourth-order valence-electron chi connectivity index (χ4n) is 1.32. The number of carbonyl (C=O) groups is 1. The number of hydrogen-bond acceptors (Lipinski definition) is 7. The molecule has 0 aliphatic rings. The summed E-state index contributed by atoms with van der Waals surface area (Å²) in [5.41, 5.74) is 1.04. The van der Waals surface area contributed by atoms with E-state index in [4.69, 9.17) is 0 Å². The number of anilines is 2. The highest BCUT2D eigenvalue weighted by molar-refractivity contribution is 7.10. The van der Waals surface area contributed by atoms with Gasteiger partial charge in [0.1, 0.15) is 10.7 Å². The Morgan fingerprint density at radius 2 is 2.28 bits per heavy atom. The summed E-state index contributed by atoms with van der Waals surface area (Å²) >= 11 is 1.11. The van der Waals surface area contributed by atoms with E-state index >= 15 is 0 Å². The number of aromatic nitrogens is 4. The van der Waals surface area contributed by atoms with Crippen molar-refractivity contribution >= 4 is 28.4 Å². The summed E-state index contributed by atoms with van der Waals surface area (Å²) in [6.45, 7) is 4.45. The zero-order valence-electron chi connectivity index (χ0n) is 9.97. The van der Waals surface area contributed by atoms with Gasteiger partial charge in [0, 0.05) is 23.8 Å². The van der Waals surface area contributed by atoms with E-state index in [0.29, 0.717) is 23.2 Å². The van der Waals surface area contributed by atoms with Crippen LogP contribution in [0.5, 0.6) is 0 Å². The summed E-state index contributed by atoms with van der Waals surface area (Å²) in [5.74, 6) is 0.149. The fraction of sp³-hybridized carbons (Fsp3) is 0.300. The molecule has 0 radical (unpaired) electrons. The highest BCUT2D eigenvalue weighted by Gasteiger charge is 2.11. The van der Waals surface area contributed by atoms with Crippen molar-refractivity contribution < 1.29 is 4.79 Å². The summed E-state index contributed by atoms with van der Waals surface area (Å²) in [6.07, 6.45) is 1.49. The number of nitrogens with zero attached hydrogens (tertiary/aromatic N) is 4. The van der Waals surface area contributed by atoms with Crippen molar-refractivity contribution in [1.29, 1.82) is 0 Å². The van der Waals surface area contributed by atoms with E-state index in [-0.39, 0.29) is 5.91 Å². The quantitative estimate of drug-likeness (QED) is 0.865. The Hall–Kier alpha value is -2.09. The molecule has 0 fully saturated rings. The van der Waals surface area contributed by atoms with Crippen molar-refractivity contribution in [2.24, 2.45) is 0 Å². The first-order chi connectivity index (χ1) is 8.69. The number of hydrogen-bond donors (Lipinski definition) is 2. The van der Waals surface area contributed by atoms with Crippen molar-refractivity contribution in [2.45, 2.75) is 13.8 Å². The van der Waals surface area contributed by atoms with Crippen molar-refractivity contribution in [2.75, 3.05) is 17.2 Å². The van der Waals surface area contributed by atoms with Gasteiger partial charge in [0.15, 0.2) is 0 Å². The first-order valence-corrected chi connectivity index (χ1v) is 6.14. The SMILES string of the molecule is CCNc1nc(C)cc(C(=O)Nc2cnns2)n1. The zero-order valence-corrected chi connectivity index (χ0v) is 10.8. The Bertz CT molecular complexity index is 541. The van der Waals surface area contributed by atoms with Crippen molar-refractivity contribution in [1.82, 2.24) is 19.6 Å². The normalized spacial score (nSPS) is 10.1. The van der Waals surface area contributed by atoms with Crippen LogP contribution >= 0.6 is 11.5 Å². The van der Waals surface area contributed by atoms with Crippen molar-refractivity contribution in [3.8, 4) is 0 Å². The van der Waals surface area contributed by atoms with E-state index in [1.807, 2.05) is 13.8 Å². The molecule has 0 aliphatic heterocycles. The zero-order chi connectivity index (χ0) is 13.0. The third kappa shape index (κ3) is 2.98. The minimum Gasteiger partial charge on any atom is -0.354 e. The average Bonchev–Trinajstić information content (AvgIpc) is 2.81. The maximum Gasteiger partial charge on any atom is 0.275 e. The number of nitrogens with one attached hydrogen (secondary N) is 2. The van der Waals surface area contributed by atoms with Gasteiger partial charge < -0.3 is 10.6 Å². The number of aryl methyl sites for hydroxylation is 1. The van der Waals surface area contributed by atoms with E-state index in [0.717, 1.165) is 17.2 Å². The lowest BCUT2D eigenvalue weighted by atomic mass is 10.3. The molecule has 2 heterocycles. The Labute approximate surface area is 108 Å². The molecule has 2 aromatic heterocycles. The Morgan fingerprint density at radius 1 is 1.44 bits per heavy atom. The number of rotatable bonds is 4. The van der Waals surface area contributed by atoms with E-state index in [1.54, 1.807) is 6.07 Å². The lowest BCUT2D eigenvalue weighted by Gasteiger charge is -2.06. The van der Waals surface area contributed by atoms with Crippen LogP contribution in [0.3, 0.4) is 0 Å². The van der Waals surface area contributed by atoms with E-state index < -0.39 is 0 Å². The van der Waals surface area contributed by atoms with Crippen LogP contribution in [0.15, 0.2) is 12.3 Å².